The SMILES string of the molecule is CCO.NC(=O)N=C(N)N. The number of aliphatic imine (C=N–C) groups is 1. The Balaban J connectivity index is 0. The molecule has 0 saturated carbocycles. The fraction of sp³-hybridized carbons (Fsp3) is 0.500. The first-order valence-electron chi connectivity index (χ1n) is 2.54. The number of carbonyl (C=O) groups excluding carboxylic acids is 1. The number of guanidine groups is 1. The summed E-state index contributed by atoms with van der Waals surface area (Å²) in [5, 5.41) is 7.57. The molecule has 60 valence electrons. The molecule has 0 radical (unpaired) electrons. The van der Waals surface area contributed by atoms with Crippen LogP contribution in [0.25, 0.3) is 0 Å². The minimum Gasteiger partial charge on any atom is -0.397 e. The normalized spacial score (nSPS) is 7.00. The molecule has 6 nitrogen and oxygen atoms in total. The molecule has 0 aliphatic rings. The smallest absolute Gasteiger partial charge is 0.341 e. The molecule has 10 heavy (non-hydrogen) atoms. The molecule has 0 atom stereocenters. The molecule has 0 aliphatic heterocycles. The van der Waals surface area contributed by atoms with Gasteiger partial charge in [0.2, 0.25) is 0 Å². The van der Waals surface area contributed by atoms with Gasteiger partial charge >= 0.3 is 6.03 Å². The molecule has 6 heteroatoms. The van der Waals surface area contributed by atoms with Crippen LogP contribution in [0.4, 0.5) is 4.79 Å². The fourth-order valence-corrected chi connectivity index (χ4v) is 0.127. The molecule has 0 fully saturated rings. The van der Waals surface area contributed by atoms with Crippen LogP contribution in [0.1, 0.15) is 6.92 Å². The molecule has 0 saturated heterocycles. The Morgan fingerprint density at radius 2 is 1.80 bits per heavy atom. The third-order valence-electron chi connectivity index (χ3n) is 0.239. The number of urea groups is 1. The summed E-state index contributed by atoms with van der Waals surface area (Å²) in [4.78, 5) is 12.6. The number of aliphatic hydroxyl groups is 1. The van der Waals surface area contributed by atoms with Crippen LogP contribution in [0.5, 0.6) is 0 Å². The zero-order valence-electron chi connectivity index (χ0n) is 5.74. The second kappa shape index (κ2) is 7.70. The number of amides is 2. The van der Waals surface area contributed by atoms with Crippen molar-refractivity contribution >= 4 is 12.0 Å². The van der Waals surface area contributed by atoms with Gasteiger partial charge in [-0.3, -0.25) is 0 Å². The van der Waals surface area contributed by atoms with Crippen molar-refractivity contribution in [2.75, 3.05) is 6.61 Å². The van der Waals surface area contributed by atoms with Gasteiger partial charge in [0.25, 0.3) is 0 Å². The molecule has 0 unspecified atom stereocenters. The monoisotopic (exact) mass is 148 g/mol. The summed E-state index contributed by atoms with van der Waals surface area (Å²) >= 11 is 0. The van der Waals surface area contributed by atoms with E-state index in [1.165, 1.54) is 0 Å². The predicted molar refractivity (Wildman–Crippen MR) is 38.2 cm³/mol. The maximum atomic E-state index is 9.68. The number of aliphatic hydroxyl groups excluding tert-OH is 1. The van der Waals surface area contributed by atoms with E-state index in [1.807, 2.05) is 0 Å². The lowest BCUT2D eigenvalue weighted by molar-refractivity contribution is 0.256. The number of rotatable bonds is 0. The summed E-state index contributed by atoms with van der Waals surface area (Å²) in [7, 11) is 0. The van der Waals surface area contributed by atoms with Crippen LogP contribution < -0.4 is 17.2 Å². The molecule has 0 aromatic rings. The van der Waals surface area contributed by atoms with Crippen molar-refractivity contribution in [3.05, 3.63) is 0 Å². The molecule has 0 aromatic carbocycles. The quantitative estimate of drug-likeness (QED) is 0.242. The van der Waals surface area contributed by atoms with Crippen molar-refractivity contribution in [2.24, 2.45) is 22.2 Å². The second-order valence-corrected chi connectivity index (χ2v) is 1.19. The Bertz CT molecular complexity index is 118. The van der Waals surface area contributed by atoms with E-state index in [9.17, 15) is 4.79 Å². The third kappa shape index (κ3) is 29.9. The number of hydrogen-bond donors (Lipinski definition) is 4. The fourth-order valence-electron chi connectivity index (χ4n) is 0.127. The molecule has 0 spiro atoms. The number of nitrogens with zero attached hydrogens (tertiary/aromatic N) is 1. The Kier molecular flexibility index (Phi) is 8.85. The summed E-state index contributed by atoms with van der Waals surface area (Å²) in [5.74, 6) is -0.312. The third-order valence-corrected chi connectivity index (χ3v) is 0.239. The topological polar surface area (TPSA) is 128 Å². The molecule has 0 aromatic heterocycles. The van der Waals surface area contributed by atoms with E-state index in [0.29, 0.717) is 0 Å². The van der Waals surface area contributed by atoms with E-state index in [0.717, 1.165) is 0 Å². The number of carbonyl (C=O) groups is 1. The Morgan fingerprint density at radius 1 is 1.50 bits per heavy atom. The largest absolute Gasteiger partial charge is 0.397 e. The summed E-state index contributed by atoms with van der Waals surface area (Å²) in [6.45, 7) is 1.93. The van der Waals surface area contributed by atoms with E-state index in [-0.39, 0.29) is 12.6 Å². The highest BCUT2D eigenvalue weighted by atomic mass is 16.2. The average Bonchev–Trinajstić information content (AvgIpc) is 1.62. The second-order valence-electron chi connectivity index (χ2n) is 1.19. The van der Waals surface area contributed by atoms with E-state index in [4.69, 9.17) is 16.6 Å². The minimum atomic E-state index is -0.875. The van der Waals surface area contributed by atoms with Gasteiger partial charge in [-0.05, 0) is 6.92 Å². The van der Waals surface area contributed by atoms with Crippen molar-refractivity contribution in [3.8, 4) is 0 Å². The zero-order chi connectivity index (χ0) is 8.57. The average molecular weight is 148 g/mol. The zero-order valence-corrected chi connectivity index (χ0v) is 5.74. The highest BCUT2D eigenvalue weighted by Crippen LogP contribution is 1.60. The van der Waals surface area contributed by atoms with Gasteiger partial charge in [-0.2, -0.15) is 4.99 Å². The molecule has 0 rings (SSSR count). The lowest BCUT2D eigenvalue weighted by atomic mass is 10.9. The van der Waals surface area contributed by atoms with Crippen molar-refractivity contribution < 1.29 is 9.90 Å². The number of nitrogens with two attached hydrogens (primary N) is 3. The van der Waals surface area contributed by atoms with Gasteiger partial charge in [-0.15, -0.1) is 0 Å². The van der Waals surface area contributed by atoms with Crippen LogP contribution in [-0.4, -0.2) is 23.7 Å². The van der Waals surface area contributed by atoms with Gasteiger partial charge in [0.05, 0.1) is 0 Å². The van der Waals surface area contributed by atoms with E-state index >= 15 is 0 Å². The van der Waals surface area contributed by atoms with Crippen LogP contribution in [0.2, 0.25) is 0 Å². The van der Waals surface area contributed by atoms with Crippen molar-refractivity contribution in [1.29, 1.82) is 0 Å². The molecular formula is C4H12N4O2. The first-order chi connectivity index (χ1) is 4.54. The maximum Gasteiger partial charge on any atom is 0.341 e. The summed E-state index contributed by atoms with van der Waals surface area (Å²) < 4.78 is 0. The van der Waals surface area contributed by atoms with Crippen LogP contribution in [-0.2, 0) is 0 Å². The van der Waals surface area contributed by atoms with Crippen molar-refractivity contribution in [3.63, 3.8) is 0 Å². The number of hydrogen-bond acceptors (Lipinski definition) is 2. The Labute approximate surface area is 58.7 Å². The van der Waals surface area contributed by atoms with Gasteiger partial charge in [0.15, 0.2) is 5.96 Å². The standard InChI is InChI=1S/C2H6N4O.C2H6O/c3-1(4)6-2(5)7;1-2-3/h(H6,3,4,5,6,7);3H,2H2,1H3. The Hall–Kier alpha value is -1.30. The first-order valence-corrected chi connectivity index (χ1v) is 2.54. The highest BCUT2D eigenvalue weighted by Gasteiger charge is 1.83. The highest BCUT2D eigenvalue weighted by molar-refractivity contribution is 5.89. The molecule has 0 bridgehead atoms. The van der Waals surface area contributed by atoms with Gasteiger partial charge < -0.3 is 22.3 Å². The molecular weight excluding hydrogens is 136 g/mol. The molecule has 7 N–H and O–H groups in total. The van der Waals surface area contributed by atoms with E-state index in [2.05, 4.69) is 10.7 Å². The predicted octanol–water partition coefficient (Wildman–Crippen LogP) is -1.66. The van der Waals surface area contributed by atoms with Crippen molar-refractivity contribution in [1.82, 2.24) is 0 Å². The molecule has 2 amide bonds. The van der Waals surface area contributed by atoms with E-state index in [1.54, 1.807) is 6.92 Å². The molecule has 0 heterocycles. The maximum absolute atomic E-state index is 9.68. The summed E-state index contributed by atoms with van der Waals surface area (Å²) in [6, 6.07) is -0.875. The lowest BCUT2D eigenvalue weighted by Crippen LogP contribution is -2.25. The Morgan fingerprint density at radius 3 is 1.80 bits per heavy atom. The van der Waals surface area contributed by atoms with Crippen LogP contribution in [0.3, 0.4) is 0 Å². The van der Waals surface area contributed by atoms with E-state index < -0.39 is 6.03 Å². The lowest BCUT2D eigenvalue weighted by Gasteiger charge is -1.82. The van der Waals surface area contributed by atoms with Crippen LogP contribution >= 0.6 is 0 Å². The van der Waals surface area contributed by atoms with Gasteiger partial charge in [-0.1, -0.05) is 0 Å². The van der Waals surface area contributed by atoms with Gasteiger partial charge in [0, 0.05) is 6.61 Å². The first kappa shape index (κ1) is 11.5. The van der Waals surface area contributed by atoms with Crippen LogP contribution in [0.15, 0.2) is 4.99 Å². The van der Waals surface area contributed by atoms with Gasteiger partial charge in [-0.25, -0.2) is 4.79 Å². The van der Waals surface area contributed by atoms with Crippen LogP contribution in [0, 0.1) is 0 Å². The van der Waals surface area contributed by atoms with Gasteiger partial charge in [0.1, 0.15) is 0 Å². The molecule has 0 aliphatic carbocycles. The minimum absolute atomic E-state index is 0.250. The summed E-state index contributed by atoms with van der Waals surface area (Å²) in [5.41, 5.74) is 13.9. The summed E-state index contributed by atoms with van der Waals surface area (Å²) in [6.07, 6.45) is 0. The van der Waals surface area contributed by atoms with Crippen molar-refractivity contribution in [2.45, 2.75) is 6.92 Å². The number of primary amides is 1.